The van der Waals surface area contributed by atoms with Gasteiger partial charge in [-0.2, -0.15) is 4.98 Å². The summed E-state index contributed by atoms with van der Waals surface area (Å²) in [6.07, 6.45) is 3.59. The number of H-pyrrole nitrogens is 1. The summed E-state index contributed by atoms with van der Waals surface area (Å²) in [5.41, 5.74) is 9.56. The van der Waals surface area contributed by atoms with E-state index in [-0.39, 0.29) is 6.04 Å². The minimum Gasteiger partial charge on any atom is -0.383 e. The summed E-state index contributed by atoms with van der Waals surface area (Å²) in [4.78, 5) is 16.1. The van der Waals surface area contributed by atoms with Gasteiger partial charge in [0.1, 0.15) is 5.82 Å². The third kappa shape index (κ3) is 2.27. The van der Waals surface area contributed by atoms with Gasteiger partial charge in [-0.3, -0.25) is 0 Å². The van der Waals surface area contributed by atoms with Gasteiger partial charge in [0.2, 0.25) is 5.95 Å². The highest BCUT2D eigenvalue weighted by atomic mass is 15.1. The van der Waals surface area contributed by atoms with Crippen LogP contribution in [0.25, 0.3) is 11.0 Å². The SMILES string of the molecule is Cc1cnc(N[C@H](C)c2ccc3[nH]ccc3n2)nc1N. The number of pyridine rings is 1. The molecule has 0 spiro atoms. The lowest BCUT2D eigenvalue weighted by atomic mass is 10.2. The van der Waals surface area contributed by atoms with Crippen LogP contribution in [-0.2, 0) is 0 Å². The second-order valence-corrected chi connectivity index (χ2v) is 4.77. The van der Waals surface area contributed by atoms with E-state index in [2.05, 4.69) is 25.3 Å². The average molecular weight is 268 g/mol. The summed E-state index contributed by atoms with van der Waals surface area (Å²) in [6.45, 7) is 3.89. The van der Waals surface area contributed by atoms with Crippen molar-refractivity contribution in [3.05, 3.63) is 41.9 Å². The van der Waals surface area contributed by atoms with Crippen LogP contribution >= 0.6 is 0 Å². The Bertz CT molecular complexity index is 748. The van der Waals surface area contributed by atoms with Crippen LogP contribution in [-0.4, -0.2) is 19.9 Å². The molecule has 0 bridgehead atoms. The Morgan fingerprint density at radius 3 is 2.90 bits per heavy atom. The van der Waals surface area contributed by atoms with Crippen LogP contribution in [0.2, 0.25) is 0 Å². The number of hydrogen-bond acceptors (Lipinski definition) is 5. The molecule has 0 radical (unpaired) electrons. The number of nitrogens with zero attached hydrogens (tertiary/aromatic N) is 3. The lowest BCUT2D eigenvalue weighted by Gasteiger charge is -2.14. The van der Waals surface area contributed by atoms with Gasteiger partial charge in [-0.1, -0.05) is 0 Å². The number of nitrogens with two attached hydrogens (primary N) is 1. The molecule has 6 heteroatoms. The van der Waals surface area contributed by atoms with E-state index in [1.807, 2.05) is 38.2 Å². The van der Waals surface area contributed by atoms with Crippen molar-refractivity contribution in [3.63, 3.8) is 0 Å². The maximum atomic E-state index is 5.78. The quantitative estimate of drug-likeness (QED) is 0.678. The van der Waals surface area contributed by atoms with E-state index >= 15 is 0 Å². The molecule has 0 aliphatic heterocycles. The summed E-state index contributed by atoms with van der Waals surface area (Å²) in [5.74, 6) is 1.00. The highest BCUT2D eigenvalue weighted by Crippen LogP contribution is 2.19. The third-order valence-corrected chi connectivity index (χ3v) is 3.23. The molecule has 3 aromatic rings. The van der Waals surface area contributed by atoms with Crippen LogP contribution in [0, 0.1) is 6.92 Å². The second kappa shape index (κ2) is 4.80. The zero-order chi connectivity index (χ0) is 14.1. The number of fused-ring (bicyclic) bond motifs is 1. The Balaban J connectivity index is 1.84. The summed E-state index contributed by atoms with van der Waals surface area (Å²) in [7, 11) is 0. The van der Waals surface area contributed by atoms with Crippen LogP contribution in [0.1, 0.15) is 24.2 Å². The molecule has 0 fully saturated rings. The van der Waals surface area contributed by atoms with Gasteiger partial charge in [0.25, 0.3) is 0 Å². The van der Waals surface area contributed by atoms with E-state index in [4.69, 9.17) is 5.73 Å². The monoisotopic (exact) mass is 268 g/mol. The molecule has 0 unspecified atom stereocenters. The third-order valence-electron chi connectivity index (χ3n) is 3.23. The first-order chi connectivity index (χ1) is 9.63. The second-order valence-electron chi connectivity index (χ2n) is 4.77. The van der Waals surface area contributed by atoms with Crippen molar-refractivity contribution in [2.45, 2.75) is 19.9 Å². The van der Waals surface area contributed by atoms with Crippen molar-refractivity contribution in [2.75, 3.05) is 11.1 Å². The summed E-state index contributed by atoms with van der Waals surface area (Å²) in [6, 6.07) is 5.94. The minimum absolute atomic E-state index is 0.00333. The topological polar surface area (TPSA) is 92.5 Å². The van der Waals surface area contributed by atoms with Crippen LogP contribution < -0.4 is 11.1 Å². The number of aromatic amines is 1. The van der Waals surface area contributed by atoms with E-state index in [9.17, 15) is 0 Å². The van der Waals surface area contributed by atoms with Gasteiger partial charge in [0.05, 0.1) is 22.8 Å². The maximum absolute atomic E-state index is 5.78. The number of hydrogen-bond donors (Lipinski definition) is 3. The number of rotatable bonds is 3. The van der Waals surface area contributed by atoms with Gasteiger partial charge < -0.3 is 16.0 Å². The highest BCUT2D eigenvalue weighted by Gasteiger charge is 2.10. The number of nitrogen functional groups attached to an aromatic ring is 1. The standard InChI is InChI=1S/C14H16N6/c1-8-7-17-14(20-13(8)15)18-9(2)10-3-4-11-12(19-10)5-6-16-11/h3-7,9,16H,1-2H3,(H3,15,17,18,20)/t9-/m1/s1. The first kappa shape index (κ1) is 12.4. The van der Waals surface area contributed by atoms with E-state index in [1.165, 1.54) is 0 Å². The number of aryl methyl sites for hydroxylation is 1. The summed E-state index contributed by atoms with van der Waals surface area (Å²) in [5, 5.41) is 3.21. The Morgan fingerprint density at radius 1 is 1.25 bits per heavy atom. The van der Waals surface area contributed by atoms with Crippen LogP contribution in [0.5, 0.6) is 0 Å². The molecule has 0 saturated heterocycles. The van der Waals surface area contributed by atoms with Crippen LogP contribution in [0.3, 0.4) is 0 Å². The molecule has 0 aromatic carbocycles. The Labute approximate surface area is 116 Å². The van der Waals surface area contributed by atoms with Crippen molar-refractivity contribution in [1.82, 2.24) is 19.9 Å². The van der Waals surface area contributed by atoms with E-state index in [1.54, 1.807) is 6.20 Å². The zero-order valence-corrected chi connectivity index (χ0v) is 11.4. The molecule has 6 nitrogen and oxygen atoms in total. The van der Waals surface area contributed by atoms with Crippen LogP contribution in [0.4, 0.5) is 11.8 Å². The highest BCUT2D eigenvalue weighted by molar-refractivity contribution is 5.74. The van der Waals surface area contributed by atoms with E-state index in [0.717, 1.165) is 22.3 Å². The normalized spacial score (nSPS) is 12.5. The smallest absolute Gasteiger partial charge is 0.225 e. The van der Waals surface area contributed by atoms with E-state index < -0.39 is 0 Å². The molecule has 0 aliphatic rings. The fourth-order valence-corrected chi connectivity index (χ4v) is 1.98. The lowest BCUT2D eigenvalue weighted by Crippen LogP contribution is -2.12. The fourth-order valence-electron chi connectivity index (χ4n) is 1.98. The largest absolute Gasteiger partial charge is 0.383 e. The Hall–Kier alpha value is -2.63. The molecular weight excluding hydrogens is 252 g/mol. The molecule has 3 rings (SSSR count). The van der Waals surface area contributed by atoms with Gasteiger partial charge in [-0.05, 0) is 32.0 Å². The van der Waals surface area contributed by atoms with Crippen molar-refractivity contribution in [1.29, 1.82) is 0 Å². The number of aromatic nitrogens is 4. The molecule has 0 amide bonds. The van der Waals surface area contributed by atoms with Crippen molar-refractivity contribution >= 4 is 22.8 Å². The van der Waals surface area contributed by atoms with Gasteiger partial charge in [-0.15, -0.1) is 0 Å². The predicted molar refractivity (Wildman–Crippen MR) is 79.3 cm³/mol. The molecule has 3 heterocycles. The predicted octanol–water partition coefficient (Wildman–Crippen LogP) is 2.42. The Kier molecular flexibility index (Phi) is 2.98. The molecule has 0 aliphatic carbocycles. The molecule has 4 N–H and O–H groups in total. The summed E-state index contributed by atoms with van der Waals surface area (Å²) < 4.78 is 0. The molecule has 3 aromatic heterocycles. The first-order valence-corrected chi connectivity index (χ1v) is 6.43. The lowest BCUT2D eigenvalue weighted by molar-refractivity contribution is 0.828. The van der Waals surface area contributed by atoms with Gasteiger partial charge in [-0.25, -0.2) is 9.97 Å². The van der Waals surface area contributed by atoms with Crippen LogP contribution in [0.15, 0.2) is 30.6 Å². The van der Waals surface area contributed by atoms with Gasteiger partial charge in [0.15, 0.2) is 0 Å². The molecular formula is C14H16N6. The van der Waals surface area contributed by atoms with Gasteiger partial charge >= 0.3 is 0 Å². The summed E-state index contributed by atoms with van der Waals surface area (Å²) >= 11 is 0. The zero-order valence-electron chi connectivity index (χ0n) is 11.4. The fraction of sp³-hybridized carbons (Fsp3) is 0.214. The minimum atomic E-state index is -0.00333. The molecule has 1 atom stereocenters. The van der Waals surface area contributed by atoms with Crippen molar-refractivity contribution < 1.29 is 0 Å². The average Bonchev–Trinajstić information content (AvgIpc) is 2.90. The number of anilines is 2. The van der Waals surface area contributed by atoms with Crippen molar-refractivity contribution in [2.24, 2.45) is 0 Å². The molecule has 20 heavy (non-hydrogen) atoms. The molecule has 102 valence electrons. The first-order valence-electron chi connectivity index (χ1n) is 6.43. The number of nitrogens with one attached hydrogen (secondary N) is 2. The van der Waals surface area contributed by atoms with Crippen molar-refractivity contribution in [3.8, 4) is 0 Å². The Morgan fingerprint density at radius 2 is 2.10 bits per heavy atom. The van der Waals surface area contributed by atoms with Gasteiger partial charge in [0, 0.05) is 18.0 Å². The van der Waals surface area contributed by atoms with E-state index in [0.29, 0.717) is 11.8 Å². The maximum Gasteiger partial charge on any atom is 0.225 e. The molecule has 0 saturated carbocycles.